The first kappa shape index (κ1) is 19.9. The van der Waals surface area contributed by atoms with E-state index in [-0.39, 0.29) is 11.7 Å². The van der Waals surface area contributed by atoms with E-state index < -0.39 is 5.82 Å². The quantitative estimate of drug-likeness (QED) is 0.435. The van der Waals surface area contributed by atoms with Gasteiger partial charge in [0.15, 0.2) is 11.0 Å². The molecule has 0 saturated heterocycles. The highest BCUT2D eigenvalue weighted by molar-refractivity contribution is 7.99. The largest absolute Gasteiger partial charge is 0.467 e. The van der Waals surface area contributed by atoms with Gasteiger partial charge in [-0.3, -0.25) is 9.36 Å². The average Bonchev–Trinajstić information content (AvgIpc) is 3.37. The summed E-state index contributed by atoms with van der Waals surface area (Å²) >= 11 is 1.26. The van der Waals surface area contributed by atoms with Crippen molar-refractivity contribution in [2.24, 2.45) is 0 Å². The lowest BCUT2D eigenvalue weighted by Gasteiger charge is -2.09. The summed E-state index contributed by atoms with van der Waals surface area (Å²) in [5.74, 6) is 0.912. The van der Waals surface area contributed by atoms with Gasteiger partial charge in [-0.2, -0.15) is 0 Å². The highest BCUT2D eigenvalue weighted by Gasteiger charge is 2.17. The van der Waals surface area contributed by atoms with Gasteiger partial charge in [-0.25, -0.2) is 4.39 Å². The zero-order valence-corrected chi connectivity index (χ0v) is 17.0. The van der Waals surface area contributed by atoms with Crippen LogP contribution in [-0.4, -0.2) is 26.4 Å². The first-order valence-corrected chi connectivity index (χ1v) is 10.3. The molecule has 0 aliphatic heterocycles. The third-order valence-corrected chi connectivity index (χ3v) is 5.29. The fraction of sp³-hybridized carbons (Fsp3) is 0.136. The first-order chi connectivity index (χ1) is 14.6. The molecule has 1 N–H and O–H groups in total. The molecular weight excluding hydrogens is 403 g/mol. The molecule has 0 atom stereocenters. The normalized spacial score (nSPS) is 10.9. The second-order valence-electron chi connectivity index (χ2n) is 6.69. The maximum atomic E-state index is 13.3. The molecule has 0 spiro atoms. The predicted molar refractivity (Wildman–Crippen MR) is 114 cm³/mol. The molecule has 0 aliphatic rings. The molecule has 0 saturated carbocycles. The maximum Gasteiger partial charge on any atom is 0.234 e. The Bertz CT molecular complexity index is 1160. The number of furan rings is 1. The number of rotatable bonds is 7. The third-order valence-electron chi connectivity index (χ3n) is 4.33. The second-order valence-corrected chi connectivity index (χ2v) is 7.63. The van der Waals surface area contributed by atoms with Gasteiger partial charge >= 0.3 is 0 Å². The number of carbonyl (C=O) groups is 1. The van der Waals surface area contributed by atoms with Crippen LogP contribution in [0.4, 0.5) is 10.1 Å². The highest BCUT2D eigenvalue weighted by atomic mass is 32.2. The van der Waals surface area contributed by atoms with Crippen LogP contribution in [-0.2, 0) is 11.3 Å². The zero-order chi connectivity index (χ0) is 20.9. The van der Waals surface area contributed by atoms with Crippen LogP contribution in [0.2, 0.25) is 0 Å². The van der Waals surface area contributed by atoms with Crippen LogP contribution in [0.15, 0.2) is 76.5 Å². The van der Waals surface area contributed by atoms with Gasteiger partial charge in [-0.05, 0) is 43.3 Å². The molecule has 0 aliphatic carbocycles. The van der Waals surface area contributed by atoms with Gasteiger partial charge in [0.05, 0.1) is 18.6 Å². The molecule has 0 bridgehead atoms. The van der Waals surface area contributed by atoms with Crippen LogP contribution in [0.3, 0.4) is 0 Å². The number of anilines is 1. The van der Waals surface area contributed by atoms with Crippen LogP contribution in [0.5, 0.6) is 0 Å². The number of hydrogen-bond acceptors (Lipinski definition) is 5. The van der Waals surface area contributed by atoms with Gasteiger partial charge < -0.3 is 9.73 Å². The van der Waals surface area contributed by atoms with E-state index in [2.05, 4.69) is 15.5 Å². The minimum Gasteiger partial charge on any atom is -0.467 e. The molecule has 0 fully saturated rings. The Hall–Kier alpha value is -3.39. The second kappa shape index (κ2) is 8.96. The van der Waals surface area contributed by atoms with E-state index >= 15 is 0 Å². The molecule has 2 heterocycles. The van der Waals surface area contributed by atoms with E-state index in [0.717, 1.165) is 16.9 Å². The Balaban J connectivity index is 1.54. The van der Waals surface area contributed by atoms with Gasteiger partial charge in [0.2, 0.25) is 5.91 Å². The number of aryl methyl sites for hydroxylation is 1. The van der Waals surface area contributed by atoms with Crippen LogP contribution < -0.4 is 5.32 Å². The van der Waals surface area contributed by atoms with E-state index in [9.17, 15) is 9.18 Å². The van der Waals surface area contributed by atoms with Crippen molar-refractivity contribution in [1.82, 2.24) is 14.8 Å². The van der Waals surface area contributed by atoms with Crippen LogP contribution >= 0.6 is 11.8 Å². The summed E-state index contributed by atoms with van der Waals surface area (Å²) < 4.78 is 20.7. The minimum absolute atomic E-state index is 0.112. The minimum atomic E-state index is -0.401. The standard InChI is InChI=1S/C22H19FN4O2S/c1-15-5-2-6-16(11-15)21-25-26-22(27(21)13-19-9-4-10-29-19)30-14-20(28)24-18-8-3-7-17(23)12-18/h2-12H,13-14H2,1H3,(H,24,28). The molecule has 30 heavy (non-hydrogen) atoms. The van der Waals surface area contributed by atoms with E-state index in [1.54, 1.807) is 18.4 Å². The lowest BCUT2D eigenvalue weighted by atomic mass is 10.1. The first-order valence-electron chi connectivity index (χ1n) is 9.29. The van der Waals surface area contributed by atoms with E-state index in [4.69, 9.17) is 4.42 Å². The molecule has 4 rings (SSSR count). The third kappa shape index (κ3) is 4.77. The molecule has 4 aromatic rings. The zero-order valence-electron chi connectivity index (χ0n) is 16.2. The molecule has 6 nitrogen and oxygen atoms in total. The summed E-state index contributed by atoms with van der Waals surface area (Å²) in [5, 5.41) is 11.9. The molecule has 152 valence electrons. The van der Waals surface area contributed by atoms with Crippen LogP contribution in [0.1, 0.15) is 11.3 Å². The highest BCUT2D eigenvalue weighted by Crippen LogP contribution is 2.26. The predicted octanol–water partition coefficient (Wildman–Crippen LogP) is 4.76. The van der Waals surface area contributed by atoms with Gasteiger partial charge in [-0.1, -0.05) is 41.6 Å². The number of nitrogens with one attached hydrogen (secondary N) is 1. The molecule has 2 aromatic heterocycles. The maximum absolute atomic E-state index is 13.3. The molecular formula is C22H19FN4O2S. The van der Waals surface area contributed by atoms with Crippen molar-refractivity contribution < 1.29 is 13.6 Å². The van der Waals surface area contributed by atoms with Crippen molar-refractivity contribution in [3.63, 3.8) is 0 Å². The number of aromatic nitrogens is 3. The van der Waals surface area contributed by atoms with Crippen molar-refractivity contribution in [2.75, 3.05) is 11.1 Å². The Kier molecular flexibility index (Phi) is 5.94. The average molecular weight is 422 g/mol. The molecule has 0 unspecified atom stereocenters. The van der Waals surface area contributed by atoms with Gasteiger partial charge in [0, 0.05) is 11.3 Å². The Morgan fingerprint density at radius 1 is 1.13 bits per heavy atom. The SMILES string of the molecule is Cc1cccc(-c2nnc(SCC(=O)Nc3cccc(F)c3)n2Cc2ccco2)c1. The fourth-order valence-corrected chi connectivity index (χ4v) is 3.73. The number of hydrogen-bond donors (Lipinski definition) is 1. The summed E-state index contributed by atoms with van der Waals surface area (Å²) in [7, 11) is 0. The Morgan fingerprint density at radius 3 is 2.77 bits per heavy atom. The molecule has 8 heteroatoms. The number of carbonyl (C=O) groups excluding carboxylic acids is 1. The Morgan fingerprint density at radius 2 is 2.00 bits per heavy atom. The van der Waals surface area contributed by atoms with Gasteiger partial charge in [0.25, 0.3) is 0 Å². The monoisotopic (exact) mass is 422 g/mol. The van der Waals surface area contributed by atoms with Crippen molar-refractivity contribution >= 4 is 23.4 Å². The Labute approximate surface area is 177 Å². The smallest absolute Gasteiger partial charge is 0.234 e. The van der Waals surface area contributed by atoms with Gasteiger partial charge in [-0.15, -0.1) is 10.2 Å². The number of amides is 1. The van der Waals surface area contributed by atoms with Crippen LogP contribution in [0.25, 0.3) is 11.4 Å². The summed E-state index contributed by atoms with van der Waals surface area (Å²) in [4.78, 5) is 12.3. The summed E-state index contributed by atoms with van der Waals surface area (Å²) in [6.07, 6.45) is 1.62. The van der Waals surface area contributed by atoms with Gasteiger partial charge in [0.1, 0.15) is 11.6 Å². The van der Waals surface area contributed by atoms with Crippen molar-refractivity contribution in [1.29, 1.82) is 0 Å². The van der Waals surface area contributed by atoms with Crippen molar-refractivity contribution in [3.05, 3.63) is 84.1 Å². The molecule has 2 aromatic carbocycles. The summed E-state index contributed by atoms with van der Waals surface area (Å²) in [6.45, 7) is 2.46. The lowest BCUT2D eigenvalue weighted by molar-refractivity contribution is -0.113. The topological polar surface area (TPSA) is 73.0 Å². The van der Waals surface area contributed by atoms with E-state index in [1.165, 1.54) is 23.9 Å². The van der Waals surface area contributed by atoms with E-state index in [1.807, 2.05) is 47.9 Å². The molecule has 0 radical (unpaired) electrons. The number of benzene rings is 2. The van der Waals surface area contributed by atoms with Crippen LogP contribution in [0, 0.1) is 12.7 Å². The van der Waals surface area contributed by atoms with Crippen molar-refractivity contribution in [3.8, 4) is 11.4 Å². The molecule has 1 amide bonds. The number of thioether (sulfide) groups is 1. The lowest BCUT2D eigenvalue weighted by Crippen LogP contribution is -2.15. The van der Waals surface area contributed by atoms with Crippen molar-refractivity contribution in [2.45, 2.75) is 18.6 Å². The van der Waals surface area contributed by atoms with E-state index in [0.29, 0.717) is 23.2 Å². The summed E-state index contributed by atoms with van der Waals surface area (Å²) in [6, 6.07) is 17.5. The number of halogens is 1. The summed E-state index contributed by atoms with van der Waals surface area (Å²) in [5.41, 5.74) is 2.46. The number of nitrogens with zero attached hydrogens (tertiary/aromatic N) is 3. The fourth-order valence-electron chi connectivity index (χ4n) is 2.99.